The maximum absolute atomic E-state index is 5.52. The first kappa shape index (κ1) is 22.0. The van der Waals surface area contributed by atoms with Crippen LogP contribution in [0.4, 0.5) is 23.5 Å². The van der Waals surface area contributed by atoms with Crippen molar-refractivity contribution >= 4 is 52.3 Å². The number of hydrogen-bond donors (Lipinski definition) is 1. The standard InChI is InChI=1S/C24H26IN7O/c25-20-6-4-5-19(15-20)16-26-30-22-27-23(31-11-13-33-14-12-31)29-24(28-22)32(17-18-9-10-18)21-7-2-1-3-8-21/h1-8,15-16,18H,9-14,17H2,(H,27,28,29,30)/b26-16+. The molecule has 0 atom stereocenters. The minimum atomic E-state index is 0.431. The Morgan fingerprint density at radius 2 is 1.88 bits per heavy atom. The normalized spacial score (nSPS) is 16.2. The molecule has 0 unspecified atom stereocenters. The Hall–Kier alpha value is -2.79. The van der Waals surface area contributed by atoms with E-state index in [1.807, 2.05) is 30.3 Å². The van der Waals surface area contributed by atoms with Crippen LogP contribution in [0.1, 0.15) is 18.4 Å². The zero-order chi connectivity index (χ0) is 22.5. The van der Waals surface area contributed by atoms with Crippen molar-refractivity contribution in [3.8, 4) is 0 Å². The number of hydrazone groups is 1. The summed E-state index contributed by atoms with van der Waals surface area (Å²) in [4.78, 5) is 18.6. The number of nitrogens with zero attached hydrogens (tertiary/aromatic N) is 6. The van der Waals surface area contributed by atoms with Crippen LogP contribution in [-0.4, -0.2) is 54.0 Å². The molecular weight excluding hydrogens is 529 g/mol. The van der Waals surface area contributed by atoms with Gasteiger partial charge in [0.2, 0.25) is 17.8 Å². The largest absolute Gasteiger partial charge is 0.378 e. The summed E-state index contributed by atoms with van der Waals surface area (Å²) in [6.07, 6.45) is 4.27. The van der Waals surface area contributed by atoms with Gasteiger partial charge in [0.05, 0.1) is 19.4 Å². The first-order valence-corrected chi connectivity index (χ1v) is 12.3. The van der Waals surface area contributed by atoms with Gasteiger partial charge in [-0.2, -0.15) is 20.1 Å². The minimum absolute atomic E-state index is 0.431. The second-order valence-corrected chi connectivity index (χ2v) is 9.42. The highest BCUT2D eigenvalue weighted by Crippen LogP contribution is 2.34. The summed E-state index contributed by atoms with van der Waals surface area (Å²) >= 11 is 2.29. The van der Waals surface area contributed by atoms with Crippen molar-refractivity contribution in [3.63, 3.8) is 0 Å². The Labute approximate surface area is 207 Å². The SMILES string of the molecule is Ic1cccc(/C=N/Nc2nc(N3CCOCC3)nc(N(CC3CC3)c3ccccc3)n2)c1. The molecular formula is C24H26IN7O. The molecule has 33 heavy (non-hydrogen) atoms. The number of nitrogens with one attached hydrogen (secondary N) is 1. The molecule has 5 rings (SSSR count). The van der Waals surface area contributed by atoms with E-state index in [0.29, 0.717) is 37.0 Å². The van der Waals surface area contributed by atoms with E-state index < -0.39 is 0 Å². The van der Waals surface area contributed by atoms with E-state index in [0.717, 1.165) is 34.5 Å². The molecule has 0 amide bonds. The van der Waals surface area contributed by atoms with Crippen molar-refractivity contribution in [1.82, 2.24) is 15.0 Å². The summed E-state index contributed by atoms with van der Waals surface area (Å²) in [6, 6.07) is 18.5. The predicted molar refractivity (Wildman–Crippen MR) is 139 cm³/mol. The van der Waals surface area contributed by atoms with Crippen LogP contribution in [0.2, 0.25) is 0 Å². The molecule has 1 saturated heterocycles. The fourth-order valence-corrected chi connectivity index (χ4v) is 4.22. The van der Waals surface area contributed by atoms with Crippen LogP contribution >= 0.6 is 22.6 Å². The van der Waals surface area contributed by atoms with Crippen molar-refractivity contribution in [3.05, 3.63) is 63.7 Å². The van der Waals surface area contributed by atoms with Crippen LogP contribution in [0.5, 0.6) is 0 Å². The Morgan fingerprint density at radius 1 is 1.06 bits per heavy atom. The summed E-state index contributed by atoms with van der Waals surface area (Å²) in [5, 5.41) is 4.39. The number of rotatable bonds is 8. The van der Waals surface area contributed by atoms with Crippen LogP contribution in [0.15, 0.2) is 59.7 Å². The van der Waals surface area contributed by atoms with Crippen LogP contribution < -0.4 is 15.2 Å². The zero-order valence-corrected chi connectivity index (χ0v) is 20.4. The second-order valence-electron chi connectivity index (χ2n) is 8.17. The van der Waals surface area contributed by atoms with Gasteiger partial charge in [-0.15, -0.1) is 0 Å². The molecule has 0 spiro atoms. The van der Waals surface area contributed by atoms with Gasteiger partial charge < -0.3 is 14.5 Å². The molecule has 2 heterocycles. The predicted octanol–water partition coefficient (Wildman–Crippen LogP) is 4.31. The fourth-order valence-electron chi connectivity index (χ4n) is 3.65. The average molecular weight is 555 g/mol. The quantitative estimate of drug-likeness (QED) is 0.252. The summed E-state index contributed by atoms with van der Waals surface area (Å²) in [5.41, 5.74) is 5.12. The molecule has 1 N–H and O–H groups in total. The monoisotopic (exact) mass is 555 g/mol. The molecule has 0 bridgehead atoms. The highest BCUT2D eigenvalue weighted by molar-refractivity contribution is 14.1. The number of halogens is 1. The lowest BCUT2D eigenvalue weighted by Gasteiger charge is -2.28. The van der Waals surface area contributed by atoms with Gasteiger partial charge in [0.25, 0.3) is 0 Å². The fraction of sp³-hybridized carbons (Fsp3) is 0.333. The third kappa shape index (κ3) is 5.97. The highest BCUT2D eigenvalue weighted by atomic mass is 127. The van der Waals surface area contributed by atoms with Gasteiger partial charge >= 0.3 is 0 Å². The molecule has 2 fully saturated rings. The summed E-state index contributed by atoms with van der Waals surface area (Å²) < 4.78 is 6.68. The number of anilines is 4. The number of hydrogen-bond acceptors (Lipinski definition) is 8. The molecule has 1 saturated carbocycles. The van der Waals surface area contributed by atoms with Gasteiger partial charge in [0.1, 0.15) is 0 Å². The van der Waals surface area contributed by atoms with Crippen molar-refractivity contribution < 1.29 is 4.74 Å². The Morgan fingerprint density at radius 3 is 2.64 bits per heavy atom. The maximum Gasteiger partial charge on any atom is 0.250 e. The van der Waals surface area contributed by atoms with E-state index >= 15 is 0 Å². The molecule has 9 heteroatoms. The van der Waals surface area contributed by atoms with Gasteiger partial charge in [0, 0.05) is 28.9 Å². The van der Waals surface area contributed by atoms with Crippen LogP contribution in [0, 0.1) is 9.49 Å². The maximum atomic E-state index is 5.52. The van der Waals surface area contributed by atoms with Crippen LogP contribution in [0.3, 0.4) is 0 Å². The smallest absolute Gasteiger partial charge is 0.250 e. The van der Waals surface area contributed by atoms with E-state index in [1.165, 1.54) is 12.8 Å². The lowest BCUT2D eigenvalue weighted by atomic mass is 10.2. The van der Waals surface area contributed by atoms with Gasteiger partial charge in [-0.25, -0.2) is 5.43 Å². The molecule has 3 aromatic rings. The molecule has 2 aromatic carbocycles. The number of para-hydroxylation sites is 1. The Bertz CT molecular complexity index is 1100. The molecule has 1 aliphatic heterocycles. The van der Waals surface area contributed by atoms with Crippen LogP contribution in [0.25, 0.3) is 0 Å². The van der Waals surface area contributed by atoms with E-state index in [2.05, 4.69) is 72.2 Å². The minimum Gasteiger partial charge on any atom is -0.378 e. The highest BCUT2D eigenvalue weighted by Gasteiger charge is 2.28. The van der Waals surface area contributed by atoms with Gasteiger partial charge in [-0.1, -0.05) is 30.3 Å². The van der Waals surface area contributed by atoms with Gasteiger partial charge in [0.15, 0.2) is 0 Å². The lowest BCUT2D eigenvalue weighted by molar-refractivity contribution is 0.122. The third-order valence-corrected chi connectivity index (χ3v) is 6.25. The number of aromatic nitrogens is 3. The second kappa shape index (κ2) is 10.4. The number of ether oxygens (including phenoxy) is 1. The van der Waals surface area contributed by atoms with Crippen molar-refractivity contribution in [1.29, 1.82) is 0 Å². The van der Waals surface area contributed by atoms with Crippen molar-refractivity contribution in [2.75, 3.05) is 48.1 Å². The first-order chi connectivity index (χ1) is 16.2. The van der Waals surface area contributed by atoms with Crippen molar-refractivity contribution in [2.24, 2.45) is 11.0 Å². The van der Waals surface area contributed by atoms with Gasteiger partial charge in [-0.05, 0) is 71.2 Å². The van der Waals surface area contributed by atoms with E-state index in [1.54, 1.807) is 6.21 Å². The Kier molecular flexibility index (Phi) is 6.96. The molecule has 170 valence electrons. The third-order valence-electron chi connectivity index (χ3n) is 5.58. The lowest BCUT2D eigenvalue weighted by Crippen LogP contribution is -2.38. The van der Waals surface area contributed by atoms with Gasteiger partial charge in [-0.3, -0.25) is 0 Å². The summed E-state index contributed by atoms with van der Waals surface area (Å²) in [7, 11) is 0. The Balaban J connectivity index is 1.46. The molecule has 2 aliphatic rings. The summed E-state index contributed by atoms with van der Waals surface area (Å²) in [6.45, 7) is 3.73. The first-order valence-electron chi connectivity index (χ1n) is 11.2. The molecule has 8 nitrogen and oxygen atoms in total. The topological polar surface area (TPSA) is 78.8 Å². The van der Waals surface area contributed by atoms with Crippen molar-refractivity contribution in [2.45, 2.75) is 12.8 Å². The zero-order valence-electron chi connectivity index (χ0n) is 18.3. The molecule has 1 aliphatic carbocycles. The number of benzene rings is 2. The van der Waals surface area contributed by atoms with E-state index in [9.17, 15) is 0 Å². The summed E-state index contributed by atoms with van der Waals surface area (Å²) in [5.74, 6) is 2.38. The van der Waals surface area contributed by atoms with E-state index in [-0.39, 0.29) is 0 Å². The number of morpholine rings is 1. The molecule has 1 aromatic heterocycles. The molecule has 0 radical (unpaired) electrons. The van der Waals surface area contributed by atoms with Crippen LogP contribution in [-0.2, 0) is 4.74 Å². The van der Waals surface area contributed by atoms with E-state index in [4.69, 9.17) is 14.7 Å². The average Bonchev–Trinajstić information content (AvgIpc) is 3.68.